The van der Waals surface area contributed by atoms with Crippen LogP contribution < -0.4 is 5.43 Å². The van der Waals surface area contributed by atoms with Crippen molar-refractivity contribution in [2.24, 2.45) is 5.10 Å². The summed E-state index contributed by atoms with van der Waals surface area (Å²) in [5, 5.41) is 13.2. The highest BCUT2D eigenvalue weighted by Crippen LogP contribution is 2.03. The zero-order valence-electron chi connectivity index (χ0n) is 9.97. The molecule has 0 radical (unpaired) electrons. The molecule has 7 heteroatoms. The molecule has 0 aromatic carbocycles. The van der Waals surface area contributed by atoms with E-state index in [1.807, 2.05) is 0 Å². The maximum Gasteiger partial charge on any atom is 0.269 e. The van der Waals surface area contributed by atoms with Crippen molar-refractivity contribution in [3.63, 3.8) is 0 Å². The van der Waals surface area contributed by atoms with Gasteiger partial charge in [-0.15, -0.1) is 0 Å². The lowest BCUT2D eigenvalue weighted by molar-refractivity contribution is -0.125. The second kappa shape index (κ2) is 6.31. The van der Waals surface area contributed by atoms with Gasteiger partial charge >= 0.3 is 0 Å². The van der Waals surface area contributed by atoms with Gasteiger partial charge in [0.1, 0.15) is 5.71 Å². The van der Waals surface area contributed by atoms with Gasteiger partial charge in [0.15, 0.2) is 0 Å². The van der Waals surface area contributed by atoms with Crippen LogP contribution in [-0.2, 0) is 14.3 Å². The van der Waals surface area contributed by atoms with Gasteiger partial charge in [-0.25, -0.2) is 5.43 Å². The molecule has 0 aliphatic carbocycles. The zero-order valence-corrected chi connectivity index (χ0v) is 9.97. The summed E-state index contributed by atoms with van der Waals surface area (Å²) in [7, 11) is 3.05. The molecule has 0 spiro atoms. The van der Waals surface area contributed by atoms with Crippen molar-refractivity contribution in [1.29, 1.82) is 0 Å². The summed E-state index contributed by atoms with van der Waals surface area (Å²) in [6, 6.07) is 0. The number of nitrogens with one attached hydrogen (secondary N) is 1. The third kappa shape index (κ3) is 4.12. The highest BCUT2D eigenvalue weighted by Gasteiger charge is 2.22. The van der Waals surface area contributed by atoms with E-state index in [9.17, 15) is 14.7 Å². The predicted octanol–water partition coefficient (Wildman–Crippen LogP) is -1.28. The van der Waals surface area contributed by atoms with Gasteiger partial charge in [0.05, 0.1) is 12.7 Å². The van der Waals surface area contributed by atoms with Crippen LogP contribution in [0.3, 0.4) is 0 Å². The summed E-state index contributed by atoms with van der Waals surface area (Å²) < 4.78 is 4.77. The molecule has 0 saturated heterocycles. The van der Waals surface area contributed by atoms with Crippen LogP contribution in [0.2, 0.25) is 0 Å². The van der Waals surface area contributed by atoms with Crippen LogP contribution in [0.1, 0.15) is 12.8 Å². The first-order valence-corrected chi connectivity index (χ1v) is 5.32. The smallest absolute Gasteiger partial charge is 0.269 e. The maximum atomic E-state index is 11.8. The third-order valence-electron chi connectivity index (χ3n) is 2.34. The van der Waals surface area contributed by atoms with Crippen molar-refractivity contribution in [2.45, 2.75) is 18.9 Å². The Kier molecular flexibility index (Phi) is 5.05. The molecule has 1 heterocycles. The molecule has 2 N–H and O–H groups in total. The van der Waals surface area contributed by atoms with Crippen LogP contribution in [0.4, 0.5) is 0 Å². The molecule has 1 aliphatic rings. The van der Waals surface area contributed by atoms with E-state index in [0.717, 1.165) is 0 Å². The van der Waals surface area contributed by atoms with Crippen molar-refractivity contribution in [2.75, 3.05) is 27.3 Å². The van der Waals surface area contributed by atoms with Crippen LogP contribution in [0.25, 0.3) is 0 Å². The highest BCUT2D eigenvalue weighted by molar-refractivity contribution is 6.39. The molecule has 1 aliphatic heterocycles. The number of hydrazone groups is 1. The standard InChI is InChI=1S/C10H17N3O4/c1-13(5-7(14)6-17-2)10(16)8-3-4-9(15)12-11-8/h7,14H,3-6H2,1-2H3,(H,12,15). The summed E-state index contributed by atoms with van der Waals surface area (Å²) in [4.78, 5) is 24.1. The van der Waals surface area contributed by atoms with Crippen LogP contribution in [0.5, 0.6) is 0 Å². The van der Waals surface area contributed by atoms with Crippen LogP contribution in [0.15, 0.2) is 5.10 Å². The largest absolute Gasteiger partial charge is 0.389 e. The summed E-state index contributed by atoms with van der Waals surface area (Å²) in [6.45, 7) is 0.334. The molecule has 0 saturated carbocycles. The molecule has 0 aromatic rings. The maximum absolute atomic E-state index is 11.8. The Labute approximate surface area is 99.4 Å². The first-order valence-electron chi connectivity index (χ1n) is 5.32. The van der Waals surface area contributed by atoms with Crippen LogP contribution >= 0.6 is 0 Å². The van der Waals surface area contributed by atoms with Crippen molar-refractivity contribution in [3.05, 3.63) is 0 Å². The topological polar surface area (TPSA) is 91.2 Å². The highest BCUT2D eigenvalue weighted by atomic mass is 16.5. The molecule has 1 rings (SSSR count). The van der Waals surface area contributed by atoms with E-state index in [4.69, 9.17) is 4.74 Å². The van der Waals surface area contributed by atoms with Crippen molar-refractivity contribution in [1.82, 2.24) is 10.3 Å². The molecule has 1 unspecified atom stereocenters. The predicted molar refractivity (Wildman–Crippen MR) is 60.3 cm³/mol. The fraction of sp³-hybridized carbons (Fsp3) is 0.700. The van der Waals surface area contributed by atoms with E-state index in [1.54, 1.807) is 7.05 Å². The number of carbonyl (C=O) groups excluding carboxylic acids is 2. The van der Waals surface area contributed by atoms with E-state index < -0.39 is 6.10 Å². The minimum absolute atomic E-state index is 0.166. The first-order chi connectivity index (χ1) is 8.04. The number of ether oxygens (including phenoxy) is 1. The summed E-state index contributed by atoms with van der Waals surface area (Å²) >= 11 is 0. The third-order valence-corrected chi connectivity index (χ3v) is 2.34. The van der Waals surface area contributed by atoms with Crippen LogP contribution in [-0.4, -0.2) is 60.9 Å². The number of nitrogens with zero attached hydrogens (tertiary/aromatic N) is 2. The van der Waals surface area contributed by atoms with E-state index in [2.05, 4.69) is 10.5 Å². The quantitative estimate of drug-likeness (QED) is 0.629. The number of likely N-dealkylation sites (N-methyl/N-ethyl adjacent to an activating group) is 1. The number of aliphatic hydroxyl groups is 1. The number of methoxy groups -OCH3 is 1. The van der Waals surface area contributed by atoms with E-state index in [0.29, 0.717) is 12.1 Å². The van der Waals surface area contributed by atoms with E-state index >= 15 is 0 Å². The monoisotopic (exact) mass is 243 g/mol. The summed E-state index contributed by atoms with van der Waals surface area (Å²) in [5.74, 6) is -0.483. The van der Waals surface area contributed by atoms with Gasteiger partial charge in [-0.05, 0) is 0 Å². The van der Waals surface area contributed by atoms with Gasteiger partial charge in [0.2, 0.25) is 5.91 Å². The Morgan fingerprint density at radius 2 is 2.35 bits per heavy atom. The molecule has 0 bridgehead atoms. The lowest BCUT2D eigenvalue weighted by Crippen LogP contribution is -2.42. The molecular formula is C10H17N3O4. The Bertz CT molecular complexity index is 330. The average Bonchev–Trinajstić information content (AvgIpc) is 2.29. The average molecular weight is 243 g/mol. The number of amides is 2. The van der Waals surface area contributed by atoms with Gasteiger partial charge < -0.3 is 14.7 Å². The van der Waals surface area contributed by atoms with Gasteiger partial charge in [0, 0.05) is 33.5 Å². The minimum Gasteiger partial charge on any atom is -0.389 e. The number of hydrogen-bond acceptors (Lipinski definition) is 5. The van der Waals surface area contributed by atoms with Crippen molar-refractivity contribution in [3.8, 4) is 0 Å². The van der Waals surface area contributed by atoms with E-state index in [1.165, 1.54) is 12.0 Å². The van der Waals surface area contributed by atoms with Gasteiger partial charge in [-0.3, -0.25) is 9.59 Å². The van der Waals surface area contributed by atoms with Gasteiger partial charge in [-0.1, -0.05) is 0 Å². The second-order valence-corrected chi connectivity index (χ2v) is 3.89. The van der Waals surface area contributed by atoms with Crippen molar-refractivity contribution < 1.29 is 19.4 Å². The zero-order chi connectivity index (χ0) is 12.8. The molecule has 0 aromatic heterocycles. The molecule has 96 valence electrons. The molecule has 17 heavy (non-hydrogen) atoms. The Balaban J connectivity index is 2.49. The minimum atomic E-state index is -0.729. The van der Waals surface area contributed by atoms with Crippen molar-refractivity contribution >= 4 is 17.5 Å². The van der Waals surface area contributed by atoms with Gasteiger partial charge in [-0.2, -0.15) is 5.10 Å². The Hall–Kier alpha value is -1.47. The molecule has 2 amide bonds. The molecule has 7 nitrogen and oxygen atoms in total. The Morgan fingerprint density at radius 3 is 2.88 bits per heavy atom. The summed E-state index contributed by atoms with van der Waals surface area (Å²) in [5.41, 5.74) is 2.56. The first kappa shape index (κ1) is 13.6. The number of rotatable bonds is 5. The SMILES string of the molecule is COCC(O)CN(C)C(=O)C1=NNC(=O)CC1. The number of carbonyl (C=O) groups is 2. The lowest BCUT2D eigenvalue weighted by atomic mass is 10.1. The van der Waals surface area contributed by atoms with Crippen LogP contribution in [0, 0.1) is 0 Å². The fourth-order valence-corrected chi connectivity index (χ4v) is 1.49. The summed E-state index contributed by atoms with van der Waals surface area (Å²) in [6.07, 6.45) is -0.137. The number of aliphatic hydroxyl groups excluding tert-OH is 1. The van der Waals surface area contributed by atoms with Gasteiger partial charge in [0.25, 0.3) is 5.91 Å². The number of hydrogen-bond donors (Lipinski definition) is 2. The lowest BCUT2D eigenvalue weighted by Gasteiger charge is -2.22. The Morgan fingerprint density at radius 1 is 1.65 bits per heavy atom. The molecule has 0 fully saturated rings. The molecular weight excluding hydrogens is 226 g/mol. The fourth-order valence-electron chi connectivity index (χ4n) is 1.49. The normalized spacial score (nSPS) is 17.1. The second-order valence-electron chi connectivity index (χ2n) is 3.89. The molecule has 1 atom stereocenters. The van der Waals surface area contributed by atoms with E-state index in [-0.39, 0.29) is 31.4 Å².